The minimum absolute atomic E-state index is 0.0333. The van der Waals surface area contributed by atoms with Crippen LogP contribution in [0.4, 0.5) is 22.4 Å². The van der Waals surface area contributed by atoms with Crippen molar-refractivity contribution >= 4 is 16.1 Å². The van der Waals surface area contributed by atoms with E-state index in [1.165, 1.54) is 24.3 Å². The van der Waals surface area contributed by atoms with E-state index in [1.54, 1.807) is 26.8 Å². The van der Waals surface area contributed by atoms with E-state index in [0.29, 0.717) is 3.97 Å². The van der Waals surface area contributed by atoms with Crippen LogP contribution in [0.3, 0.4) is 0 Å². The van der Waals surface area contributed by atoms with E-state index in [2.05, 4.69) is 4.98 Å². The third-order valence-corrected chi connectivity index (χ3v) is 6.59. The van der Waals surface area contributed by atoms with Gasteiger partial charge in [0.05, 0.1) is 11.4 Å². The number of carbonyl (C=O) groups is 1. The number of hydrogen-bond acceptors (Lipinski definition) is 4. The zero-order valence-corrected chi connectivity index (χ0v) is 19.9. The van der Waals surface area contributed by atoms with Gasteiger partial charge in [-0.15, -0.1) is 0 Å². The highest BCUT2D eigenvalue weighted by Crippen LogP contribution is 2.39. The number of carboxylic acid groups (broad SMARTS) is 1. The predicted molar refractivity (Wildman–Crippen MR) is 120 cm³/mol. The van der Waals surface area contributed by atoms with Gasteiger partial charge in [0.15, 0.2) is 11.5 Å². The molecular weight excluding hydrogens is 490 g/mol. The zero-order valence-electron chi connectivity index (χ0n) is 19.0. The number of pyridine rings is 1. The fraction of sp³-hybridized carbons (Fsp3) is 0.304. The molecule has 3 rings (SSSR count). The van der Waals surface area contributed by atoms with E-state index < -0.39 is 62.6 Å². The van der Waals surface area contributed by atoms with Crippen LogP contribution in [0.2, 0.25) is 0 Å². The number of amides is 1. The molecule has 1 aromatic carbocycles. The van der Waals surface area contributed by atoms with Gasteiger partial charge < -0.3 is 10.0 Å². The van der Waals surface area contributed by atoms with Gasteiger partial charge in [0.1, 0.15) is 5.69 Å². The van der Waals surface area contributed by atoms with Gasteiger partial charge in [-0.3, -0.25) is 4.98 Å². The Morgan fingerprint density at radius 1 is 1.09 bits per heavy atom. The van der Waals surface area contributed by atoms with Crippen molar-refractivity contribution < 1.29 is 35.9 Å². The summed E-state index contributed by atoms with van der Waals surface area (Å²) in [5, 5.41) is 9.59. The molecule has 0 saturated carbocycles. The van der Waals surface area contributed by atoms with Crippen molar-refractivity contribution in [1.29, 1.82) is 0 Å². The standard InChI is InChI=1S/C23H23F4N3O4S/c1-22(2,3)14-29(21(31)32)12-15-13-30(35(33,34)16-8-5-4-6-9-16)19(18(15)24)17-10-7-11-28-20(17)23(25,26)27/h4-11,13H,12,14H2,1-3H3,(H,31,32). The van der Waals surface area contributed by atoms with Crippen LogP contribution in [-0.2, 0) is 22.7 Å². The van der Waals surface area contributed by atoms with Crippen LogP contribution < -0.4 is 0 Å². The Balaban J connectivity index is 2.29. The number of alkyl halides is 3. The topological polar surface area (TPSA) is 92.5 Å². The molecule has 2 heterocycles. The number of rotatable bonds is 6. The molecule has 35 heavy (non-hydrogen) atoms. The summed E-state index contributed by atoms with van der Waals surface area (Å²) in [6.45, 7) is 4.64. The Morgan fingerprint density at radius 2 is 1.71 bits per heavy atom. The third-order valence-electron chi connectivity index (χ3n) is 4.91. The van der Waals surface area contributed by atoms with Crippen molar-refractivity contribution in [3.05, 3.63) is 71.9 Å². The van der Waals surface area contributed by atoms with Gasteiger partial charge in [0.2, 0.25) is 0 Å². The highest BCUT2D eigenvalue weighted by molar-refractivity contribution is 7.90. The van der Waals surface area contributed by atoms with Crippen molar-refractivity contribution in [2.45, 2.75) is 38.4 Å². The smallest absolute Gasteiger partial charge is 0.434 e. The molecule has 2 aromatic heterocycles. The molecule has 7 nitrogen and oxygen atoms in total. The molecule has 1 amide bonds. The average molecular weight is 514 g/mol. The fourth-order valence-corrected chi connectivity index (χ4v) is 4.96. The third kappa shape index (κ3) is 5.64. The summed E-state index contributed by atoms with van der Waals surface area (Å²) in [7, 11) is -4.56. The van der Waals surface area contributed by atoms with Crippen LogP contribution >= 0.6 is 0 Å². The highest BCUT2D eigenvalue weighted by Gasteiger charge is 2.39. The van der Waals surface area contributed by atoms with Gasteiger partial charge in [0.25, 0.3) is 10.0 Å². The largest absolute Gasteiger partial charge is 0.465 e. The summed E-state index contributed by atoms with van der Waals surface area (Å²) in [5.74, 6) is -1.29. The molecule has 188 valence electrons. The van der Waals surface area contributed by atoms with Crippen molar-refractivity contribution in [3.8, 4) is 11.3 Å². The highest BCUT2D eigenvalue weighted by atomic mass is 32.2. The van der Waals surface area contributed by atoms with Crippen molar-refractivity contribution in [3.63, 3.8) is 0 Å². The summed E-state index contributed by atoms with van der Waals surface area (Å²) in [6.07, 6.45) is -4.72. The van der Waals surface area contributed by atoms with Gasteiger partial charge in [-0.1, -0.05) is 39.0 Å². The summed E-state index contributed by atoms with van der Waals surface area (Å²) in [4.78, 5) is 15.7. The molecule has 1 N–H and O–H groups in total. The lowest BCUT2D eigenvalue weighted by Crippen LogP contribution is -2.36. The Labute approximate surface area is 199 Å². The van der Waals surface area contributed by atoms with E-state index in [-0.39, 0.29) is 11.4 Å². The minimum Gasteiger partial charge on any atom is -0.465 e. The summed E-state index contributed by atoms with van der Waals surface area (Å²) < 4.78 is 84.0. The normalized spacial score (nSPS) is 12.5. The molecule has 0 radical (unpaired) electrons. The molecular formula is C23H23F4N3O4S. The number of hydrogen-bond donors (Lipinski definition) is 1. The maximum atomic E-state index is 15.7. The second-order valence-electron chi connectivity index (χ2n) is 9.03. The summed E-state index contributed by atoms with van der Waals surface area (Å²) in [6, 6.07) is 8.84. The van der Waals surface area contributed by atoms with Crippen LogP contribution in [0.1, 0.15) is 32.0 Å². The fourth-order valence-electron chi connectivity index (χ4n) is 3.55. The van der Waals surface area contributed by atoms with Crippen LogP contribution in [0.5, 0.6) is 0 Å². The molecule has 0 atom stereocenters. The van der Waals surface area contributed by atoms with Gasteiger partial charge in [-0.25, -0.2) is 21.6 Å². The molecule has 0 aliphatic heterocycles. The van der Waals surface area contributed by atoms with Crippen LogP contribution in [0, 0.1) is 11.2 Å². The SMILES string of the molecule is CC(C)(C)CN(Cc1cn(S(=O)(=O)c2ccccc2)c(-c2cccnc2C(F)(F)F)c1F)C(=O)O. The second-order valence-corrected chi connectivity index (χ2v) is 10.8. The van der Waals surface area contributed by atoms with Crippen LogP contribution in [-0.4, -0.2) is 40.0 Å². The van der Waals surface area contributed by atoms with Crippen LogP contribution in [0.15, 0.2) is 59.8 Å². The molecule has 0 unspecified atom stereocenters. The lowest BCUT2D eigenvalue weighted by molar-refractivity contribution is -0.140. The van der Waals surface area contributed by atoms with Crippen molar-refractivity contribution in [2.75, 3.05) is 6.54 Å². The van der Waals surface area contributed by atoms with E-state index in [9.17, 15) is 31.5 Å². The van der Waals surface area contributed by atoms with E-state index in [1.807, 2.05) is 0 Å². The van der Waals surface area contributed by atoms with Gasteiger partial charge in [-0.05, 0) is 29.7 Å². The quantitative estimate of drug-likeness (QED) is 0.441. The molecule has 0 saturated heterocycles. The number of aromatic nitrogens is 2. The first-order valence-corrected chi connectivity index (χ1v) is 11.8. The second kappa shape index (κ2) is 9.33. The maximum absolute atomic E-state index is 15.7. The number of nitrogens with zero attached hydrogens (tertiary/aromatic N) is 3. The molecule has 0 fully saturated rings. The molecule has 0 aliphatic carbocycles. The molecule has 3 aromatic rings. The number of benzene rings is 1. The van der Waals surface area contributed by atoms with E-state index in [4.69, 9.17) is 0 Å². The maximum Gasteiger partial charge on any atom is 0.434 e. The van der Waals surface area contributed by atoms with Crippen molar-refractivity contribution in [2.24, 2.45) is 5.41 Å². The van der Waals surface area contributed by atoms with Crippen molar-refractivity contribution in [1.82, 2.24) is 13.9 Å². The van der Waals surface area contributed by atoms with E-state index in [0.717, 1.165) is 29.4 Å². The van der Waals surface area contributed by atoms with Gasteiger partial charge in [0, 0.05) is 30.1 Å². The Bertz CT molecular complexity index is 1330. The molecule has 0 spiro atoms. The molecule has 0 bridgehead atoms. The Morgan fingerprint density at radius 3 is 2.26 bits per heavy atom. The van der Waals surface area contributed by atoms with E-state index >= 15 is 4.39 Å². The monoisotopic (exact) mass is 513 g/mol. The molecule has 0 aliphatic rings. The first-order chi connectivity index (χ1) is 16.1. The summed E-state index contributed by atoms with van der Waals surface area (Å²) >= 11 is 0. The Hall–Kier alpha value is -3.41. The van der Waals surface area contributed by atoms with Crippen LogP contribution in [0.25, 0.3) is 11.3 Å². The van der Waals surface area contributed by atoms with Gasteiger partial charge in [-0.2, -0.15) is 13.2 Å². The number of halogens is 4. The minimum atomic E-state index is -5.01. The lowest BCUT2D eigenvalue weighted by atomic mass is 9.96. The van der Waals surface area contributed by atoms with Gasteiger partial charge >= 0.3 is 12.3 Å². The molecule has 12 heteroatoms. The Kier molecular flexibility index (Phi) is 6.98. The summed E-state index contributed by atoms with van der Waals surface area (Å²) in [5.41, 5.74) is -4.07. The predicted octanol–water partition coefficient (Wildman–Crippen LogP) is 5.47. The first-order valence-electron chi connectivity index (χ1n) is 10.3. The average Bonchev–Trinajstić information content (AvgIpc) is 3.09. The zero-order chi connectivity index (χ0) is 26.2. The first kappa shape index (κ1) is 26.2. The lowest BCUT2D eigenvalue weighted by Gasteiger charge is -2.27.